The van der Waals surface area contributed by atoms with Gasteiger partial charge in [0.25, 0.3) is 0 Å². The Bertz CT molecular complexity index is 1110. The zero-order valence-corrected chi connectivity index (χ0v) is 15.4. The summed E-state index contributed by atoms with van der Waals surface area (Å²) in [5, 5.41) is 49.4. The highest BCUT2D eigenvalue weighted by Gasteiger charge is 2.39. The molecule has 5 N–H and O–H groups in total. The lowest BCUT2D eigenvalue weighted by Gasteiger charge is -2.30. The molecule has 0 saturated carbocycles. The van der Waals surface area contributed by atoms with Gasteiger partial charge in [0.05, 0.1) is 11.9 Å². The van der Waals surface area contributed by atoms with Crippen LogP contribution in [-0.2, 0) is 6.61 Å². The molecule has 2 atom stereocenters. The number of pyridine rings is 1. The number of phenols is 3. The Morgan fingerprint density at radius 1 is 0.967 bits per heavy atom. The van der Waals surface area contributed by atoms with E-state index in [-0.39, 0.29) is 40.9 Å². The van der Waals surface area contributed by atoms with Crippen molar-refractivity contribution >= 4 is 5.78 Å². The third-order valence-electron chi connectivity index (χ3n) is 4.62. The van der Waals surface area contributed by atoms with Gasteiger partial charge in [0.2, 0.25) is 5.78 Å². The number of ether oxygens (including phenoxy) is 2. The molecular formula is C21H17NO8. The number of phenolic OH excluding ortho intramolecular Hbond substituents is 3. The lowest BCUT2D eigenvalue weighted by molar-refractivity contribution is 0.0209. The SMILES string of the molecule is O=C1c2c(O)cc(O)cc2OC(c2ccc(O)c(OCc3ccc(O)cn3)c2)C1O. The Hall–Kier alpha value is -3.98. The summed E-state index contributed by atoms with van der Waals surface area (Å²) in [6, 6.07) is 9.34. The molecule has 2 heterocycles. The topological polar surface area (TPSA) is 150 Å². The molecule has 3 aromatic rings. The van der Waals surface area contributed by atoms with E-state index in [2.05, 4.69) is 4.98 Å². The predicted molar refractivity (Wildman–Crippen MR) is 102 cm³/mol. The van der Waals surface area contributed by atoms with E-state index in [1.165, 1.54) is 36.5 Å². The van der Waals surface area contributed by atoms with Gasteiger partial charge in [0.15, 0.2) is 23.7 Å². The molecule has 0 saturated heterocycles. The zero-order chi connectivity index (χ0) is 21.4. The van der Waals surface area contributed by atoms with Crippen molar-refractivity contribution in [2.24, 2.45) is 0 Å². The fourth-order valence-electron chi connectivity index (χ4n) is 3.14. The average Bonchev–Trinajstić information content (AvgIpc) is 2.71. The maximum atomic E-state index is 12.5. The number of carbonyl (C=O) groups excluding carboxylic acids is 1. The molecular weight excluding hydrogens is 394 g/mol. The van der Waals surface area contributed by atoms with Crippen LogP contribution in [0.1, 0.15) is 27.7 Å². The van der Waals surface area contributed by atoms with Crippen molar-refractivity contribution in [3.63, 3.8) is 0 Å². The smallest absolute Gasteiger partial charge is 0.202 e. The number of aliphatic hydroxyl groups excluding tert-OH is 1. The summed E-state index contributed by atoms with van der Waals surface area (Å²) >= 11 is 0. The molecule has 2 unspecified atom stereocenters. The van der Waals surface area contributed by atoms with Gasteiger partial charge in [0.1, 0.15) is 35.2 Å². The van der Waals surface area contributed by atoms with Gasteiger partial charge < -0.3 is 35.0 Å². The number of benzene rings is 2. The number of hydrogen-bond donors (Lipinski definition) is 5. The first-order valence-corrected chi connectivity index (χ1v) is 8.88. The molecule has 1 aliphatic heterocycles. The summed E-state index contributed by atoms with van der Waals surface area (Å²) in [7, 11) is 0. The molecule has 2 aromatic carbocycles. The lowest BCUT2D eigenvalue weighted by atomic mass is 9.92. The maximum absolute atomic E-state index is 12.5. The molecule has 0 amide bonds. The van der Waals surface area contributed by atoms with Gasteiger partial charge in [-0.05, 0) is 29.8 Å². The van der Waals surface area contributed by atoms with Gasteiger partial charge in [0, 0.05) is 12.1 Å². The molecule has 1 aliphatic rings. The first-order valence-electron chi connectivity index (χ1n) is 8.88. The number of carbonyl (C=O) groups is 1. The fraction of sp³-hybridized carbons (Fsp3) is 0.143. The molecule has 9 heteroatoms. The van der Waals surface area contributed by atoms with Crippen LogP contribution in [0.3, 0.4) is 0 Å². The van der Waals surface area contributed by atoms with E-state index in [9.17, 15) is 30.3 Å². The van der Waals surface area contributed by atoms with Crippen LogP contribution in [-0.4, -0.2) is 42.4 Å². The highest BCUT2D eigenvalue weighted by atomic mass is 16.5. The number of hydrogen-bond acceptors (Lipinski definition) is 9. The van der Waals surface area contributed by atoms with Crippen LogP contribution in [0.2, 0.25) is 0 Å². The monoisotopic (exact) mass is 411 g/mol. The number of rotatable bonds is 4. The van der Waals surface area contributed by atoms with Gasteiger partial charge in [-0.15, -0.1) is 0 Å². The van der Waals surface area contributed by atoms with Crippen molar-refractivity contribution in [2.75, 3.05) is 0 Å². The number of ketones is 1. The molecule has 0 aliphatic carbocycles. The summed E-state index contributed by atoms with van der Waals surface area (Å²) in [6.45, 7) is -0.00508. The Kier molecular flexibility index (Phi) is 4.80. The Balaban J connectivity index is 1.61. The summed E-state index contributed by atoms with van der Waals surface area (Å²) < 4.78 is 11.2. The minimum Gasteiger partial charge on any atom is -0.508 e. The molecule has 9 nitrogen and oxygen atoms in total. The Morgan fingerprint density at radius 3 is 2.50 bits per heavy atom. The maximum Gasteiger partial charge on any atom is 0.202 e. The van der Waals surface area contributed by atoms with Gasteiger partial charge in [-0.1, -0.05) is 6.07 Å². The Morgan fingerprint density at radius 2 is 1.77 bits per heavy atom. The highest BCUT2D eigenvalue weighted by molar-refractivity contribution is 6.05. The van der Waals surface area contributed by atoms with Crippen LogP contribution < -0.4 is 9.47 Å². The van der Waals surface area contributed by atoms with Crippen molar-refractivity contribution in [3.8, 4) is 34.5 Å². The van der Waals surface area contributed by atoms with Gasteiger partial charge in [-0.3, -0.25) is 9.78 Å². The van der Waals surface area contributed by atoms with Gasteiger partial charge in [-0.25, -0.2) is 0 Å². The second-order valence-corrected chi connectivity index (χ2v) is 6.71. The fourth-order valence-corrected chi connectivity index (χ4v) is 3.14. The van der Waals surface area contributed by atoms with E-state index in [0.717, 1.165) is 6.07 Å². The highest BCUT2D eigenvalue weighted by Crippen LogP contribution is 2.43. The number of Topliss-reactive ketones (excluding diaryl/α,β-unsaturated/α-hetero) is 1. The standard InChI is InChI=1S/C21H17NO8/c23-12-3-2-11(22-8-12)9-29-16-5-10(1-4-14(16)25)21-20(28)19(27)18-15(26)6-13(24)7-17(18)30-21/h1-8,20-21,23-26,28H,9H2. The molecule has 154 valence electrons. The van der Waals surface area contributed by atoms with E-state index in [1.54, 1.807) is 6.07 Å². The summed E-state index contributed by atoms with van der Waals surface area (Å²) in [6.07, 6.45) is -1.51. The summed E-state index contributed by atoms with van der Waals surface area (Å²) in [5.74, 6) is -1.73. The van der Waals surface area contributed by atoms with Crippen LogP contribution in [0, 0.1) is 0 Å². The Labute approximate surface area is 170 Å². The van der Waals surface area contributed by atoms with Gasteiger partial charge in [-0.2, -0.15) is 0 Å². The second-order valence-electron chi connectivity index (χ2n) is 6.71. The molecule has 30 heavy (non-hydrogen) atoms. The van der Waals surface area contributed by atoms with Crippen LogP contribution >= 0.6 is 0 Å². The summed E-state index contributed by atoms with van der Waals surface area (Å²) in [5.41, 5.74) is 0.614. The number of aromatic hydroxyl groups is 4. The summed E-state index contributed by atoms with van der Waals surface area (Å²) in [4.78, 5) is 16.5. The molecule has 0 bridgehead atoms. The first kappa shape index (κ1) is 19.3. The first-order chi connectivity index (χ1) is 14.3. The number of aromatic nitrogens is 1. The zero-order valence-electron chi connectivity index (χ0n) is 15.4. The lowest BCUT2D eigenvalue weighted by Crippen LogP contribution is -2.36. The van der Waals surface area contributed by atoms with E-state index in [0.29, 0.717) is 11.3 Å². The molecule has 1 aromatic heterocycles. The van der Waals surface area contributed by atoms with Crippen molar-refractivity contribution in [2.45, 2.75) is 18.8 Å². The quantitative estimate of drug-likeness (QED) is 0.435. The van der Waals surface area contributed by atoms with Crippen molar-refractivity contribution < 1.29 is 39.8 Å². The molecule has 0 radical (unpaired) electrons. The molecule has 0 spiro atoms. The largest absolute Gasteiger partial charge is 0.508 e. The predicted octanol–water partition coefficient (Wildman–Crippen LogP) is 2.16. The second kappa shape index (κ2) is 7.45. The third-order valence-corrected chi connectivity index (χ3v) is 4.62. The number of nitrogens with zero attached hydrogens (tertiary/aromatic N) is 1. The minimum absolute atomic E-state index is 0.00508. The van der Waals surface area contributed by atoms with E-state index in [1.807, 2.05) is 0 Å². The van der Waals surface area contributed by atoms with Gasteiger partial charge >= 0.3 is 0 Å². The normalized spacial score (nSPS) is 17.8. The van der Waals surface area contributed by atoms with Crippen LogP contribution in [0.4, 0.5) is 0 Å². The van der Waals surface area contributed by atoms with Crippen molar-refractivity contribution in [1.82, 2.24) is 4.98 Å². The third kappa shape index (κ3) is 3.53. The van der Waals surface area contributed by atoms with E-state index < -0.39 is 23.7 Å². The van der Waals surface area contributed by atoms with Crippen molar-refractivity contribution in [1.29, 1.82) is 0 Å². The van der Waals surface area contributed by atoms with Crippen molar-refractivity contribution in [3.05, 3.63) is 65.5 Å². The average molecular weight is 411 g/mol. The van der Waals surface area contributed by atoms with Crippen LogP contribution in [0.15, 0.2) is 48.7 Å². The van der Waals surface area contributed by atoms with Crippen LogP contribution in [0.25, 0.3) is 0 Å². The minimum atomic E-state index is -1.62. The number of fused-ring (bicyclic) bond motifs is 1. The number of aliphatic hydroxyl groups is 1. The van der Waals surface area contributed by atoms with E-state index in [4.69, 9.17) is 9.47 Å². The van der Waals surface area contributed by atoms with E-state index >= 15 is 0 Å². The molecule has 4 rings (SSSR count). The van der Waals surface area contributed by atoms with Crippen LogP contribution in [0.5, 0.6) is 34.5 Å². The molecule has 0 fully saturated rings.